The number of para-hydroxylation sites is 2. The molecule has 2 heterocycles. The lowest BCUT2D eigenvalue weighted by Gasteiger charge is -2.36. The molecule has 0 radical (unpaired) electrons. The van der Waals surface area contributed by atoms with Crippen molar-refractivity contribution in [2.24, 2.45) is 0 Å². The number of Topliss-reactive ketones (excluding diaryl/α,β-unsaturated/α-hetero) is 1. The molecule has 8 heteroatoms. The molecular weight excluding hydrogens is 396 g/mol. The van der Waals surface area contributed by atoms with Crippen LogP contribution < -0.4 is 19.7 Å². The van der Waals surface area contributed by atoms with Gasteiger partial charge in [0.25, 0.3) is 0 Å². The van der Waals surface area contributed by atoms with E-state index in [1.165, 1.54) is 0 Å². The van der Waals surface area contributed by atoms with Crippen LogP contribution in [0.1, 0.15) is 12.7 Å². The van der Waals surface area contributed by atoms with Gasteiger partial charge in [-0.25, -0.2) is 4.98 Å². The number of ketones is 1. The molecule has 31 heavy (non-hydrogen) atoms. The van der Waals surface area contributed by atoms with Gasteiger partial charge in [0.15, 0.2) is 5.78 Å². The molecule has 0 saturated heterocycles. The summed E-state index contributed by atoms with van der Waals surface area (Å²) in [5.41, 5.74) is 1.87. The van der Waals surface area contributed by atoms with Crippen molar-refractivity contribution in [2.75, 3.05) is 39.9 Å². The molecule has 1 aliphatic rings. The number of ether oxygens (including phenoxy) is 3. The summed E-state index contributed by atoms with van der Waals surface area (Å²) in [6.07, 6.45) is 0. The van der Waals surface area contributed by atoms with Crippen LogP contribution in [0.4, 0.5) is 5.69 Å². The Labute approximate surface area is 180 Å². The quantitative estimate of drug-likeness (QED) is 0.605. The van der Waals surface area contributed by atoms with Crippen molar-refractivity contribution in [3.8, 4) is 11.5 Å². The number of aromatic nitrogens is 2. The Balaban J connectivity index is 1.95. The van der Waals surface area contributed by atoms with Crippen LogP contribution in [0.15, 0.2) is 48.3 Å². The monoisotopic (exact) mass is 422 g/mol. The molecule has 0 fully saturated rings. The summed E-state index contributed by atoms with van der Waals surface area (Å²) in [4.78, 5) is 23.7. The Bertz CT molecular complexity index is 1110. The summed E-state index contributed by atoms with van der Waals surface area (Å²) in [5, 5.41) is 3.21. The number of hydrogen-bond donors (Lipinski definition) is 2. The molecule has 162 valence electrons. The van der Waals surface area contributed by atoms with Crippen LogP contribution in [0.25, 0.3) is 16.6 Å². The molecule has 0 unspecified atom stereocenters. The van der Waals surface area contributed by atoms with E-state index in [0.29, 0.717) is 28.7 Å². The van der Waals surface area contributed by atoms with E-state index >= 15 is 0 Å². The number of nitrogens with zero attached hydrogens (tertiary/aromatic N) is 2. The van der Waals surface area contributed by atoms with Crippen LogP contribution in [-0.4, -0.2) is 56.3 Å². The number of methoxy groups -OCH3 is 3. The van der Waals surface area contributed by atoms with Gasteiger partial charge in [-0.3, -0.25) is 4.79 Å². The number of benzene rings is 2. The number of imidazole rings is 1. The first-order valence-electron chi connectivity index (χ1n) is 9.91. The zero-order valence-electron chi connectivity index (χ0n) is 18.3. The first-order valence-corrected chi connectivity index (χ1v) is 9.91. The molecule has 8 nitrogen and oxygen atoms in total. The number of anilines is 1. The third-order valence-electron chi connectivity index (χ3n) is 5.55. The molecule has 0 bridgehead atoms. The van der Waals surface area contributed by atoms with Crippen molar-refractivity contribution in [3.63, 3.8) is 0 Å². The Morgan fingerprint density at radius 1 is 1.10 bits per heavy atom. The van der Waals surface area contributed by atoms with E-state index in [9.17, 15) is 4.79 Å². The van der Waals surface area contributed by atoms with E-state index in [2.05, 4.69) is 15.3 Å². The highest BCUT2D eigenvalue weighted by Gasteiger charge is 2.51. The number of fused-ring (bicyclic) bond motifs is 1. The number of rotatable bonds is 7. The van der Waals surface area contributed by atoms with Gasteiger partial charge in [0.05, 0.1) is 37.5 Å². The summed E-state index contributed by atoms with van der Waals surface area (Å²) in [5.74, 6) is 2.28. The summed E-state index contributed by atoms with van der Waals surface area (Å²) < 4.78 is 16.4. The van der Waals surface area contributed by atoms with Crippen LogP contribution in [0.3, 0.4) is 0 Å². The van der Waals surface area contributed by atoms with Gasteiger partial charge in [-0.05, 0) is 19.1 Å². The smallest absolute Gasteiger partial charge is 0.198 e. The maximum atomic E-state index is 13.8. The lowest BCUT2D eigenvalue weighted by molar-refractivity contribution is -0.118. The van der Waals surface area contributed by atoms with Gasteiger partial charge in [0.1, 0.15) is 34.3 Å². The zero-order chi connectivity index (χ0) is 22.2. The molecule has 3 aromatic rings. The van der Waals surface area contributed by atoms with Crippen LogP contribution in [0, 0.1) is 0 Å². The second-order valence-electron chi connectivity index (χ2n) is 7.52. The fraction of sp³-hybridized carbons (Fsp3) is 0.304. The van der Waals surface area contributed by atoms with Gasteiger partial charge in [-0.1, -0.05) is 12.1 Å². The second-order valence-corrected chi connectivity index (χ2v) is 7.52. The minimum Gasteiger partial charge on any atom is -0.497 e. The Kier molecular flexibility index (Phi) is 5.32. The van der Waals surface area contributed by atoms with Gasteiger partial charge in [0.2, 0.25) is 0 Å². The second kappa shape index (κ2) is 7.96. The van der Waals surface area contributed by atoms with Crippen molar-refractivity contribution in [1.82, 2.24) is 15.3 Å². The Hall–Kier alpha value is -3.52. The fourth-order valence-electron chi connectivity index (χ4n) is 4.11. The van der Waals surface area contributed by atoms with Crippen LogP contribution in [0.5, 0.6) is 11.5 Å². The number of carbonyl (C=O) groups is 1. The molecule has 1 aromatic heterocycles. The van der Waals surface area contributed by atoms with E-state index in [1.807, 2.05) is 48.2 Å². The minimum atomic E-state index is -1.00. The van der Waals surface area contributed by atoms with E-state index in [1.54, 1.807) is 34.4 Å². The summed E-state index contributed by atoms with van der Waals surface area (Å²) in [6.45, 7) is 2.04. The number of H-pyrrole nitrogens is 1. The summed E-state index contributed by atoms with van der Waals surface area (Å²) in [6, 6.07) is 13.2. The van der Waals surface area contributed by atoms with E-state index in [0.717, 1.165) is 16.7 Å². The Morgan fingerprint density at radius 2 is 1.77 bits per heavy atom. The third kappa shape index (κ3) is 3.29. The topological polar surface area (TPSA) is 88.7 Å². The highest BCUT2D eigenvalue weighted by Crippen LogP contribution is 2.43. The van der Waals surface area contributed by atoms with Gasteiger partial charge in [-0.15, -0.1) is 0 Å². The minimum absolute atomic E-state index is 0.0976. The average Bonchev–Trinajstić information content (AvgIpc) is 3.30. The van der Waals surface area contributed by atoms with Gasteiger partial charge in [-0.2, -0.15) is 0 Å². The van der Waals surface area contributed by atoms with E-state index < -0.39 is 5.54 Å². The van der Waals surface area contributed by atoms with Gasteiger partial charge < -0.3 is 29.4 Å². The lowest BCUT2D eigenvalue weighted by atomic mass is 9.94. The van der Waals surface area contributed by atoms with Crippen molar-refractivity contribution >= 4 is 28.1 Å². The number of aromatic amines is 1. The highest BCUT2D eigenvalue weighted by molar-refractivity contribution is 6.30. The normalized spacial score (nSPS) is 18.7. The van der Waals surface area contributed by atoms with Crippen LogP contribution in [-0.2, 0) is 9.53 Å². The van der Waals surface area contributed by atoms with Crippen LogP contribution >= 0.6 is 0 Å². The van der Waals surface area contributed by atoms with Crippen molar-refractivity contribution in [2.45, 2.75) is 12.5 Å². The first kappa shape index (κ1) is 20.7. The molecule has 4 rings (SSSR count). The number of hydrogen-bond acceptors (Lipinski definition) is 7. The fourth-order valence-corrected chi connectivity index (χ4v) is 4.11. The summed E-state index contributed by atoms with van der Waals surface area (Å²) >= 11 is 0. The maximum Gasteiger partial charge on any atom is 0.198 e. The maximum absolute atomic E-state index is 13.8. The Morgan fingerprint density at radius 3 is 2.35 bits per heavy atom. The van der Waals surface area contributed by atoms with Crippen molar-refractivity contribution in [3.05, 3.63) is 54.1 Å². The molecule has 0 saturated carbocycles. The lowest BCUT2D eigenvalue weighted by Crippen LogP contribution is -2.52. The number of nitrogens with one attached hydrogen (secondary N) is 2. The van der Waals surface area contributed by atoms with Crippen molar-refractivity contribution < 1.29 is 19.0 Å². The molecular formula is C23H26N4O4. The van der Waals surface area contributed by atoms with Gasteiger partial charge >= 0.3 is 0 Å². The largest absolute Gasteiger partial charge is 0.497 e. The predicted octanol–water partition coefficient (Wildman–Crippen LogP) is 2.96. The van der Waals surface area contributed by atoms with E-state index in [4.69, 9.17) is 14.2 Å². The molecule has 0 aliphatic carbocycles. The molecule has 1 aliphatic heterocycles. The van der Waals surface area contributed by atoms with Gasteiger partial charge in [0, 0.05) is 32.4 Å². The zero-order valence-corrected chi connectivity index (χ0v) is 18.3. The standard InChI is InChI=1S/C23H26N4O4/c1-23(13-29-3)20(28)19(21-25-17-8-6-7-9-18(17)26-21)22(24-2)27(23)14-10-15(30-4)12-16(11-14)31-5/h6-12,24H,13H2,1-5H3,(H,25,26)/t23-/m0/s1. The number of carbonyl (C=O) groups excluding carboxylic acids is 1. The predicted molar refractivity (Wildman–Crippen MR) is 119 cm³/mol. The first-order chi connectivity index (χ1) is 15.0. The third-order valence-corrected chi connectivity index (χ3v) is 5.55. The molecule has 0 spiro atoms. The average molecular weight is 422 g/mol. The van der Waals surface area contributed by atoms with E-state index in [-0.39, 0.29) is 12.4 Å². The molecule has 2 N–H and O–H groups in total. The highest BCUT2D eigenvalue weighted by atomic mass is 16.5. The van der Waals surface area contributed by atoms with Crippen molar-refractivity contribution in [1.29, 1.82) is 0 Å². The van der Waals surface area contributed by atoms with Crippen LogP contribution in [0.2, 0.25) is 0 Å². The SMILES string of the molecule is CNC1=C(c2nc3ccccc3[nH]2)C(=O)[C@](C)(COC)N1c1cc(OC)cc(OC)c1. The molecule has 0 amide bonds. The summed E-state index contributed by atoms with van der Waals surface area (Å²) in [7, 11) is 6.56. The molecule has 1 atom stereocenters. The molecule has 2 aromatic carbocycles.